The van der Waals surface area contributed by atoms with Crippen molar-refractivity contribution in [2.75, 3.05) is 0 Å². The second-order valence-electron chi connectivity index (χ2n) is 4.74. The smallest absolute Gasteiger partial charge is 0.173 e. The minimum atomic E-state index is -0.869. The summed E-state index contributed by atoms with van der Waals surface area (Å²) in [6, 6.07) is 2.43. The number of halogens is 3. The summed E-state index contributed by atoms with van der Waals surface area (Å²) in [5.74, 6) is 3.89. The molecule has 1 atom stereocenters. The van der Waals surface area contributed by atoms with E-state index in [1.807, 2.05) is 0 Å². The average Bonchev–Trinajstić information content (AvgIpc) is 2.69. The van der Waals surface area contributed by atoms with E-state index in [0.717, 1.165) is 30.9 Å². The maximum absolute atomic E-state index is 13.6. The molecule has 3 N–H and O–H groups in total. The fourth-order valence-corrected chi connectivity index (χ4v) is 3.01. The normalized spacial score (nSPS) is 17.8. The van der Waals surface area contributed by atoms with Crippen LogP contribution in [0.25, 0.3) is 0 Å². The lowest BCUT2D eigenvalue weighted by molar-refractivity contribution is 0.497. The molecule has 0 heterocycles. The van der Waals surface area contributed by atoms with Crippen LogP contribution in [0.5, 0.6) is 0 Å². The molecule has 0 fully saturated rings. The molecule has 19 heavy (non-hydrogen) atoms. The molecule has 1 aliphatic carbocycles. The van der Waals surface area contributed by atoms with Gasteiger partial charge in [-0.1, -0.05) is 24.1 Å². The predicted octanol–water partition coefficient (Wildman–Crippen LogP) is 4.12. The van der Waals surface area contributed by atoms with Crippen LogP contribution in [0.3, 0.4) is 0 Å². The number of hydrazine groups is 1. The van der Waals surface area contributed by atoms with Gasteiger partial charge < -0.3 is 0 Å². The van der Waals surface area contributed by atoms with Crippen molar-refractivity contribution in [3.05, 3.63) is 45.5 Å². The molecule has 0 spiro atoms. The van der Waals surface area contributed by atoms with Crippen molar-refractivity contribution in [2.45, 2.75) is 38.1 Å². The zero-order valence-electron chi connectivity index (χ0n) is 10.6. The number of nitrogens with two attached hydrogens (primary N) is 1. The maximum Gasteiger partial charge on any atom is 0.173 e. The zero-order valence-corrected chi connectivity index (χ0v) is 12.1. The third-order valence-electron chi connectivity index (χ3n) is 3.49. The van der Waals surface area contributed by atoms with E-state index in [9.17, 15) is 8.78 Å². The van der Waals surface area contributed by atoms with Crippen molar-refractivity contribution in [1.82, 2.24) is 5.43 Å². The second kappa shape index (κ2) is 6.59. The fourth-order valence-electron chi connectivity index (χ4n) is 2.46. The first-order valence-corrected chi connectivity index (χ1v) is 7.23. The molecule has 0 bridgehead atoms. The van der Waals surface area contributed by atoms with E-state index in [2.05, 4.69) is 27.4 Å². The highest BCUT2D eigenvalue weighted by Crippen LogP contribution is 2.34. The van der Waals surface area contributed by atoms with Crippen LogP contribution in [0.2, 0.25) is 0 Å². The number of hydrogen-bond donors (Lipinski definition) is 2. The predicted molar refractivity (Wildman–Crippen MR) is 75.3 cm³/mol. The Bertz CT molecular complexity index is 489. The lowest BCUT2D eigenvalue weighted by Crippen LogP contribution is -2.30. The van der Waals surface area contributed by atoms with E-state index in [1.165, 1.54) is 12.8 Å². The Morgan fingerprint density at radius 3 is 2.74 bits per heavy atom. The van der Waals surface area contributed by atoms with Crippen molar-refractivity contribution in [2.24, 2.45) is 5.84 Å². The highest BCUT2D eigenvalue weighted by atomic mass is 79.9. The van der Waals surface area contributed by atoms with Gasteiger partial charge in [0, 0.05) is 0 Å². The number of benzene rings is 1. The first-order valence-electron chi connectivity index (χ1n) is 6.43. The molecule has 0 amide bonds. The first-order chi connectivity index (χ1) is 9.15. The Morgan fingerprint density at radius 1 is 1.21 bits per heavy atom. The van der Waals surface area contributed by atoms with Gasteiger partial charge in [0.25, 0.3) is 0 Å². The van der Waals surface area contributed by atoms with Gasteiger partial charge in [-0.3, -0.25) is 5.84 Å². The molecule has 1 unspecified atom stereocenters. The third-order valence-corrected chi connectivity index (χ3v) is 4.30. The van der Waals surface area contributed by atoms with E-state index in [0.29, 0.717) is 5.56 Å². The highest BCUT2D eigenvalue weighted by Gasteiger charge is 2.21. The zero-order chi connectivity index (χ0) is 13.8. The number of allylic oxidation sites excluding steroid dienone is 1. The molecule has 2 rings (SSSR count). The van der Waals surface area contributed by atoms with E-state index in [-0.39, 0.29) is 10.5 Å². The number of hydrogen-bond acceptors (Lipinski definition) is 2. The maximum atomic E-state index is 13.6. The Labute approximate surface area is 120 Å². The summed E-state index contributed by atoms with van der Waals surface area (Å²) >= 11 is 3.12. The molecule has 2 nitrogen and oxygen atoms in total. The van der Waals surface area contributed by atoms with Crippen LogP contribution in [0.4, 0.5) is 8.78 Å². The molecule has 1 aliphatic rings. The van der Waals surface area contributed by atoms with Gasteiger partial charge in [0.05, 0.1) is 10.5 Å². The van der Waals surface area contributed by atoms with Gasteiger partial charge in [0.2, 0.25) is 0 Å². The van der Waals surface area contributed by atoms with E-state index >= 15 is 0 Å². The molecule has 104 valence electrons. The Morgan fingerprint density at radius 2 is 2.00 bits per heavy atom. The van der Waals surface area contributed by atoms with Crippen LogP contribution in [0.15, 0.2) is 28.3 Å². The minimum absolute atomic E-state index is 0.139. The van der Waals surface area contributed by atoms with Gasteiger partial charge in [-0.25, -0.2) is 14.2 Å². The van der Waals surface area contributed by atoms with Crippen molar-refractivity contribution in [3.8, 4) is 0 Å². The summed E-state index contributed by atoms with van der Waals surface area (Å²) in [4.78, 5) is 0. The SMILES string of the molecule is NNC(C1=CCCCCC1)c1ccc(F)c(F)c1Br. The summed E-state index contributed by atoms with van der Waals surface area (Å²) < 4.78 is 26.9. The van der Waals surface area contributed by atoms with Gasteiger partial charge in [-0.05, 0) is 53.2 Å². The van der Waals surface area contributed by atoms with Crippen molar-refractivity contribution < 1.29 is 8.78 Å². The molecule has 5 heteroatoms. The van der Waals surface area contributed by atoms with Crippen LogP contribution in [-0.2, 0) is 0 Å². The van der Waals surface area contributed by atoms with Crippen molar-refractivity contribution in [3.63, 3.8) is 0 Å². The Kier molecular flexibility index (Phi) is 5.07. The second-order valence-corrected chi connectivity index (χ2v) is 5.54. The summed E-state index contributed by atoms with van der Waals surface area (Å²) in [6.07, 6.45) is 7.56. The van der Waals surface area contributed by atoms with Crippen LogP contribution < -0.4 is 11.3 Å². The first kappa shape index (κ1) is 14.6. The Balaban J connectivity index is 2.36. The Hall–Kier alpha value is -0.780. The lowest BCUT2D eigenvalue weighted by atomic mass is 9.95. The molecule has 0 aliphatic heterocycles. The average molecular weight is 331 g/mol. The van der Waals surface area contributed by atoms with Gasteiger partial charge in [0.1, 0.15) is 0 Å². The number of nitrogens with one attached hydrogen (secondary N) is 1. The molecule has 0 aromatic heterocycles. The van der Waals surface area contributed by atoms with Gasteiger partial charge >= 0.3 is 0 Å². The molecular formula is C14H17BrF2N2. The van der Waals surface area contributed by atoms with Crippen LogP contribution in [0.1, 0.15) is 43.7 Å². The van der Waals surface area contributed by atoms with Gasteiger partial charge in [-0.15, -0.1) is 0 Å². The van der Waals surface area contributed by atoms with E-state index < -0.39 is 11.6 Å². The summed E-state index contributed by atoms with van der Waals surface area (Å²) in [6.45, 7) is 0. The summed E-state index contributed by atoms with van der Waals surface area (Å²) in [5.41, 5.74) is 4.49. The molecule has 0 saturated heterocycles. The number of rotatable bonds is 3. The monoisotopic (exact) mass is 330 g/mol. The molecule has 1 aromatic rings. The minimum Gasteiger partial charge on any atom is -0.271 e. The topological polar surface area (TPSA) is 38.0 Å². The van der Waals surface area contributed by atoms with Gasteiger partial charge in [0.15, 0.2) is 11.6 Å². The van der Waals surface area contributed by atoms with Crippen LogP contribution >= 0.6 is 15.9 Å². The van der Waals surface area contributed by atoms with E-state index in [4.69, 9.17) is 5.84 Å². The van der Waals surface area contributed by atoms with Crippen molar-refractivity contribution in [1.29, 1.82) is 0 Å². The molecular weight excluding hydrogens is 314 g/mol. The van der Waals surface area contributed by atoms with Crippen molar-refractivity contribution >= 4 is 15.9 Å². The molecule has 0 radical (unpaired) electrons. The lowest BCUT2D eigenvalue weighted by Gasteiger charge is -2.21. The third kappa shape index (κ3) is 3.22. The summed E-state index contributed by atoms with van der Waals surface area (Å²) in [5, 5.41) is 0. The fraction of sp³-hybridized carbons (Fsp3) is 0.429. The largest absolute Gasteiger partial charge is 0.271 e. The highest BCUT2D eigenvalue weighted by molar-refractivity contribution is 9.10. The molecule has 0 saturated carbocycles. The summed E-state index contributed by atoms with van der Waals surface area (Å²) in [7, 11) is 0. The van der Waals surface area contributed by atoms with E-state index in [1.54, 1.807) is 6.07 Å². The van der Waals surface area contributed by atoms with Crippen LogP contribution in [-0.4, -0.2) is 0 Å². The molecule has 1 aromatic carbocycles. The quantitative estimate of drug-likeness (QED) is 0.378. The standard InChI is InChI=1S/C14H17BrF2N2/c15-12-10(7-8-11(16)13(12)17)14(19-18)9-5-3-1-2-4-6-9/h5,7-8,14,19H,1-4,6,18H2. The van der Waals surface area contributed by atoms with Gasteiger partial charge in [-0.2, -0.15) is 0 Å². The van der Waals surface area contributed by atoms with Crippen LogP contribution in [0, 0.1) is 11.6 Å².